The molecule has 0 unspecified atom stereocenters. The lowest BCUT2D eigenvalue weighted by Crippen LogP contribution is -2.60. The number of hydrogen-bond acceptors (Lipinski definition) is 10. The number of nitrogens with zero attached hydrogens (tertiary/aromatic N) is 3. The van der Waals surface area contributed by atoms with E-state index >= 15 is 0 Å². The number of allylic oxidation sites excluding steroid dienone is 3. The molecule has 14 heteroatoms. The van der Waals surface area contributed by atoms with Crippen LogP contribution in [-0.4, -0.2) is 142 Å². The van der Waals surface area contributed by atoms with Crippen LogP contribution in [0.25, 0.3) is 0 Å². The summed E-state index contributed by atoms with van der Waals surface area (Å²) in [5.41, 5.74) is 3.27. The van der Waals surface area contributed by atoms with Crippen molar-refractivity contribution in [2.24, 2.45) is 23.7 Å². The minimum absolute atomic E-state index is 0.00121. The first-order valence-electron chi connectivity index (χ1n) is 23.1. The minimum Gasteiger partial charge on any atom is -0.467 e. The zero-order valence-electron chi connectivity index (χ0n) is 40.6. The predicted octanol–water partition coefficient (Wildman–Crippen LogP) is 5.61. The number of likely N-dealkylation sites (tertiary alicyclic amines) is 1. The molecule has 1 aromatic carbocycles. The SMILES string of the molecule is CC[C@H](C)[C@@H]([C@@H](CC(=O)N1CCC[C@H]1[C@H](OC)[C@@H](C)C(=O)N[C@@H](CC1=CC=CCC1)C(=O)OC)OC)N(C)C(=O)[C@@H](NC(=O)[C@H](C(C)C)N(C)CCc1ccc(NC)cc1)C(C)C. The number of carbonyl (C=O) groups excluding carboxylic acids is 5. The van der Waals surface area contributed by atoms with Crippen LogP contribution in [0.3, 0.4) is 0 Å². The molecule has 1 aliphatic heterocycles. The summed E-state index contributed by atoms with van der Waals surface area (Å²) in [5, 5.41) is 9.19. The smallest absolute Gasteiger partial charge is 0.328 e. The van der Waals surface area contributed by atoms with Crippen molar-refractivity contribution in [3.05, 3.63) is 53.6 Å². The molecular weight excluding hydrogens is 801 g/mol. The second-order valence-corrected chi connectivity index (χ2v) is 18.3. The Labute approximate surface area is 378 Å². The Morgan fingerprint density at radius 2 is 1.59 bits per heavy atom. The predicted molar refractivity (Wildman–Crippen MR) is 249 cm³/mol. The normalized spacial score (nSPS) is 19.1. The molecule has 1 fully saturated rings. The zero-order valence-corrected chi connectivity index (χ0v) is 40.6. The molecular formula is C49H80N6O8. The highest BCUT2D eigenvalue weighted by molar-refractivity contribution is 5.90. The summed E-state index contributed by atoms with van der Waals surface area (Å²) in [4.78, 5) is 75.1. The number of nitrogens with one attached hydrogen (secondary N) is 3. The van der Waals surface area contributed by atoms with E-state index in [4.69, 9.17) is 14.2 Å². The molecule has 1 aromatic rings. The Kier molecular flexibility index (Phi) is 21.8. The van der Waals surface area contributed by atoms with Gasteiger partial charge in [0.2, 0.25) is 23.6 Å². The molecule has 63 heavy (non-hydrogen) atoms. The molecule has 1 saturated heterocycles. The Hall–Kier alpha value is -4.27. The van der Waals surface area contributed by atoms with Gasteiger partial charge in [-0.3, -0.25) is 24.1 Å². The van der Waals surface area contributed by atoms with Gasteiger partial charge in [0.1, 0.15) is 12.1 Å². The standard InChI is InChI=1S/C49H80N6O8/c1-14-33(6)44(54(10)48(59)42(31(2)3)52-47(58)43(32(4)5)53(9)28-26-35-22-24-37(50-8)25-23-35)40(61-11)30-41(56)55-27-18-21-39(55)45(62-12)34(7)46(57)51-38(49(60)63-13)29-36-19-16-15-17-20-36/h15-16,19,22-25,31-34,38-40,42-45,50H,14,17-18,20-21,26-30H2,1-13H3,(H,51,57)(H,52,58)/t33-,34+,38-,39-,40+,42-,43-,44-,45+/m0/s1. The van der Waals surface area contributed by atoms with Gasteiger partial charge in [0.15, 0.2) is 0 Å². The van der Waals surface area contributed by atoms with Crippen molar-refractivity contribution in [3.8, 4) is 0 Å². The highest BCUT2D eigenvalue weighted by atomic mass is 16.5. The summed E-state index contributed by atoms with van der Waals surface area (Å²) in [6, 6.07) is 5.26. The summed E-state index contributed by atoms with van der Waals surface area (Å²) < 4.78 is 17.1. The lowest BCUT2D eigenvalue weighted by molar-refractivity contribution is -0.149. The van der Waals surface area contributed by atoms with Crippen molar-refractivity contribution in [2.45, 2.75) is 142 Å². The van der Waals surface area contributed by atoms with Gasteiger partial charge >= 0.3 is 5.97 Å². The quantitative estimate of drug-likeness (QED) is 0.106. The number of esters is 1. The average Bonchev–Trinajstić information content (AvgIpc) is 3.76. The lowest BCUT2D eigenvalue weighted by Gasteiger charge is -2.41. The first-order chi connectivity index (χ1) is 29.9. The molecule has 3 N–H and O–H groups in total. The van der Waals surface area contributed by atoms with Crippen molar-refractivity contribution in [1.29, 1.82) is 0 Å². The van der Waals surface area contributed by atoms with Gasteiger partial charge in [-0.1, -0.05) is 90.8 Å². The monoisotopic (exact) mass is 881 g/mol. The van der Waals surface area contributed by atoms with Crippen molar-refractivity contribution >= 4 is 35.3 Å². The van der Waals surface area contributed by atoms with Crippen molar-refractivity contribution in [2.75, 3.05) is 60.9 Å². The van der Waals surface area contributed by atoms with Crippen LogP contribution in [-0.2, 0) is 44.6 Å². The number of anilines is 1. The fraction of sp³-hybridized carbons (Fsp3) is 0.694. The molecule has 354 valence electrons. The number of carbonyl (C=O) groups is 5. The number of methoxy groups -OCH3 is 3. The van der Waals surface area contributed by atoms with Crippen molar-refractivity contribution in [1.82, 2.24) is 25.3 Å². The van der Waals surface area contributed by atoms with Crippen LogP contribution in [0, 0.1) is 23.7 Å². The first-order valence-corrected chi connectivity index (χ1v) is 23.1. The molecule has 4 amide bonds. The number of likely N-dealkylation sites (N-methyl/N-ethyl adjacent to an activating group) is 2. The Morgan fingerprint density at radius 3 is 2.13 bits per heavy atom. The molecule has 0 radical (unpaired) electrons. The van der Waals surface area contributed by atoms with Gasteiger partial charge in [0, 0.05) is 47.1 Å². The molecule has 0 spiro atoms. The Morgan fingerprint density at radius 1 is 0.905 bits per heavy atom. The number of rotatable bonds is 25. The first kappa shape index (κ1) is 53.1. The molecule has 0 bridgehead atoms. The highest BCUT2D eigenvalue weighted by Gasteiger charge is 2.43. The average molecular weight is 881 g/mol. The second-order valence-electron chi connectivity index (χ2n) is 18.3. The van der Waals surface area contributed by atoms with Gasteiger partial charge < -0.3 is 40.0 Å². The topological polar surface area (TPSA) is 159 Å². The van der Waals surface area contributed by atoms with E-state index in [-0.39, 0.29) is 47.8 Å². The van der Waals surface area contributed by atoms with E-state index in [0.29, 0.717) is 25.9 Å². The van der Waals surface area contributed by atoms with Crippen LogP contribution in [0.1, 0.15) is 99.0 Å². The van der Waals surface area contributed by atoms with Crippen LogP contribution < -0.4 is 16.0 Å². The molecule has 0 aromatic heterocycles. The Balaban J connectivity index is 1.76. The van der Waals surface area contributed by atoms with E-state index in [1.165, 1.54) is 12.7 Å². The number of hydrogen-bond donors (Lipinski definition) is 3. The van der Waals surface area contributed by atoms with Crippen LogP contribution >= 0.6 is 0 Å². The highest BCUT2D eigenvalue weighted by Crippen LogP contribution is 2.30. The van der Waals surface area contributed by atoms with E-state index < -0.39 is 54.3 Å². The van der Waals surface area contributed by atoms with Gasteiger partial charge in [-0.2, -0.15) is 0 Å². The molecule has 1 aliphatic carbocycles. The molecule has 1 heterocycles. The molecule has 3 rings (SSSR count). The number of amides is 4. The molecule has 0 saturated carbocycles. The van der Waals surface area contributed by atoms with Crippen LogP contribution in [0.15, 0.2) is 48.1 Å². The van der Waals surface area contributed by atoms with Gasteiger partial charge in [-0.05, 0) is 81.0 Å². The van der Waals surface area contributed by atoms with Gasteiger partial charge in [0.25, 0.3) is 0 Å². The van der Waals surface area contributed by atoms with Crippen molar-refractivity contribution in [3.63, 3.8) is 0 Å². The third-order valence-corrected chi connectivity index (χ3v) is 13.2. The fourth-order valence-electron chi connectivity index (χ4n) is 9.30. The second kappa shape index (κ2) is 25.9. The third-order valence-electron chi connectivity index (χ3n) is 13.2. The summed E-state index contributed by atoms with van der Waals surface area (Å²) in [6.45, 7) is 14.9. The number of benzene rings is 1. The Bertz CT molecular complexity index is 1700. The fourth-order valence-corrected chi connectivity index (χ4v) is 9.30. The lowest BCUT2D eigenvalue weighted by atomic mass is 9.89. The molecule has 2 aliphatic rings. The van der Waals surface area contributed by atoms with Gasteiger partial charge in [-0.25, -0.2) is 4.79 Å². The van der Waals surface area contributed by atoms with Crippen LogP contribution in [0.2, 0.25) is 0 Å². The minimum atomic E-state index is -0.847. The van der Waals surface area contributed by atoms with E-state index in [2.05, 4.69) is 39.1 Å². The van der Waals surface area contributed by atoms with Crippen molar-refractivity contribution < 1.29 is 38.2 Å². The maximum absolute atomic E-state index is 14.6. The summed E-state index contributed by atoms with van der Waals surface area (Å²) in [7, 11) is 10.00. The largest absolute Gasteiger partial charge is 0.467 e. The van der Waals surface area contributed by atoms with Gasteiger partial charge in [-0.15, -0.1) is 0 Å². The summed E-state index contributed by atoms with van der Waals surface area (Å²) in [5.74, 6) is -2.45. The van der Waals surface area contributed by atoms with E-state index in [9.17, 15) is 24.0 Å². The maximum Gasteiger partial charge on any atom is 0.328 e. The molecule has 9 atom stereocenters. The maximum atomic E-state index is 14.6. The zero-order chi connectivity index (χ0) is 47.0. The number of ether oxygens (including phenoxy) is 3. The summed E-state index contributed by atoms with van der Waals surface area (Å²) >= 11 is 0. The van der Waals surface area contributed by atoms with E-state index in [1.807, 2.05) is 79.9 Å². The molecule has 14 nitrogen and oxygen atoms in total. The van der Waals surface area contributed by atoms with Crippen LogP contribution in [0.4, 0.5) is 5.69 Å². The van der Waals surface area contributed by atoms with E-state index in [1.54, 1.807) is 38.0 Å². The van der Waals surface area contributed by atoms with Crippen LogP contribution in [0.5, 0.6) is 0 Å². The van der Waals surface area contributed by atoms with Gasteiger partial charge in [0.05, 0.1) is 49.8 Å². The van der Waals surface area contributed by atoms with E-state index in [0.717, 1.165) is 43.4 Å². The summed E-state index contributed by atoms with van der Waals surface area (Å²) in [6.07, 6.45) is 9.58. The third kappa shape index (κ3) is 14.6.